The maximum absolute atomic E-state index is 6.63. The molecule has 0 aliphatic rings. The first-order chi connectivity index (χ1) is 59.5. The van der Waals surface area contributed by atoms with E-state index in [4.69, 9.17) is 38.7 Å². The van der Waals surface area contributed by atoms with Crippen molar-refractivity contribution in [2.45, 2.75) is 0 Å². The summed E-state index contributed by atoms with van der Waals surface area (Å²) in [6.45, 7) is 0. The number of nitrogens with zero attached hydrogens (tertiary/aromatic N) is 6. The Morgan fingerprint density at radius 3 is 1.24 bits per heavy atom. The van der Waals surface area contributed by atoms with E-state index in [1.165, 1.54) is 105 Å². The van der Waals surface area contributed by atoms with Crippen LogP contribution in [-0.4, -0.2) is 29.9 Å². The molecular formula is C108H60N6O2S4. The van der Waals surface area contributed by atoms with E-state index in [2.05, 4.69) is 328 Å². The van der Waals surface area contributed by atoms with Crippen molar-refractivity contribution in [3.05, 3.63) is 364 Å². The lowest BCUT2D eigenvalue weighted by molar-refractivity contribution is 0.671. The third-order valence-electron chi connectivity index (χ3n) is 23.6. The normalized spacial score (nSPS) is 12.0. The summed E-state index contributed by atoms with van der Waals surface area (Å²) in [5.41, 5.74) is 15.3. The Labute approximate surface area is 700 Å². The van der Waals surface area contributed by atoms with E-state index in [9.17, 15) is 0 Å². The second kappa shape index (κ2) is 27.4. The zero-order valence-corrected chi connectivity index (χ0v) is 67.0. The second-order valence-corrected chi connectivity index (χ2v) is 34.6. The van der Waals surface area contributed by atoms with E-state index < -0.39 is 0 Å². The number of aromatic nitrogens is 6. The number of furan rings is 2. The van der Waals surface area contributed by atoms with Gasteiger partial charge in [0.25, 0.3) is 0 Å². The summed E-state index contributed by atoms with van der Waals surface area (Å²) in [5, 5.41) is 25.4. The number of benzene rings is 18. The Balaban J connectivity index is 0.000000100. The largest absolute Gasteiger partial charge is 0.455 e. The van der Waals surface area contributed by atoms with Crippen LogP contribution in [0.5, 0.6) is 0 Å². The van der Waals surface area contributed by atoms with Gasteiger partial charge in [0.15, 0.2) is 34.2 Å². The lowest BCUT2D eigenvalue weighted by Gasteiger charge is -2.12. The summed E-state index contributed by atoms with van der Waals surface area (Å²) >= 11 is 7.18. The molecule has 27 rings (SSSR count). The van der Waals surface area contributed by atoms with Gasteiger partial charge in [-0.15, -0.1) is 45.3 Å². The predicted octanol–water partition coefficient (Wildman–Crippen LogP) is 31.6. The lowest BCUT2D eigenvalue weighted by atomic mass is 9.93. The molecule has 12 heteroatoms. The van der Waals surface area contributed by atoms with Crippen LogP contribution in [0.3, 0.4) is 0 Å². The van der Waals surface area contributed by atoms with E-state index in [0.29, 0.717) is 5.82 Å². The molecule has 8 nitrogen and oxygen atoms in total. The Hall–Kier alpha value is -14.8. The van der Waals surface area contributed by atoms with Gasteiger partial charge >= 0.3 is 0 Å². The van der Waals surface area contributed by atoms with Crippen molar-refractivity contribution in [3.63, 3.8) is 0 Å². The fraction of sp³-hybridized carbons (Fsp3) is 0. The SMILES string of the molecule is c1ccc(-c2nc(-c3cc4ccccc4c4ccccc34)nc3c2sc2c3ccc3c4ccccc4oc32)cc1.c1ccc(-c2nc(-c3ccc4c5ccccc5c5ccccc5c4c3)nc3c2sc2c3ccc3c4ccccc4sc32)cc1.c1ccc(-c2nc(-c3ccc4ccccc4c3)nc3c2oc2c3ccc3c4ccccc4sc32)cc1. The summed E-state index contributed by atoms with van der Waals surface area (Å²) in [5.74, 6) is 2.19. The monoisotopic (exact) mass is 1600 g/mol. The van der Waals surface area contributed by atoms with Gasteiger partial charge in [-0.05, 0) is 113 Å². The van der Waals surface area contributed by atoms with Gasteiger partial charge < -0.3 is 8.83 Å². The van der Waals surface area contributed by atoms with Gasteiger partial charge in [-0.1, -0.05) is 315 Å². The molecule has 0 aliphatic heterocycles. The molecule has 0 aliphatic carbocycles. The van der Waals surface area contributed by atoms with Crippen LogP contribution in [0.15, 0.2) is 373 Å². The number of fused-ring (bicyclic) bond motifs is 31. The number of thiophene rings is 4. The molecule has 0 unspecified atom stereocenters. The summed E-state index contributed by atoms with van der Waals surface area (Å²) in [6, 6.07) is 128. The Kier molecular flexibility index (Phi) is 15.7. The van der Waals surface area contributed by atoms with Gasteiger partial charge in [-0.3, -0.25) is 0 Å². The van der Waals surface area contributed by atoms with E-state index in [1.807, 2.05) is 59.1 Å². The molecule has 0 fully saturated rings. The zero-order valence-electron chi connectivity index (χ0n) is 63.8. The summed E-state index contributed by atoms with van der Waals surface area (Å²) in [6.07, 6.45) is 0. The minimum atomic E-state index is 0.700. The molecule has 9 aromatic heterocycles. The molecule has 18 aromatic carbocycles. The lowest BCUT2D eigenvalue weighted by Crippen LogP contribution is -1.95. The van der Waals surface area contributed by atoms with Crippen molar-refractivity contribution in [3.8, 4) is 67.9 Å². The van der Waals surface area contributed by atoms with Crippen LogP contribution < -0.4 is 0 Å². The molecule has 0 radical (unpaired) electrons. The van der Waals surface area contributed by atoms with Crippen LogP contribution >= 0.6 is 45.3 Å². The third-order valence-corrected chi connectivity index (χ3v) is 28.6. The van der Waals surface area contributed by atoms with Crippen molar-refractivity contribution in [2.24, 2.45) is 0 Å². The molecule has 0 spiro atoms. The molecule has 27 aromatic rings. The van der Waals surface area contributed by atoms with Gasteiger partial charge in [0.2, 0.25) is 0 Å². The standard InChI is InChI=1S/C40H22N2S2.C36H20N2OS.C32H18N2OS/c1-2-10-23(11-3-1)35-39-36(32-21-20-31-30-16-8-9-17-34(30)43-37(31)38(32)44-39)42-40(41-35)24-18-19-29-27-14-5-4-12-25(27)26-13-6-7-15-28(26)33(29)22-24;1-2-10-21(11-3-1)31-35-32(28-19-18-27-26-16-8-9-17-30(26)39-33(27)34(28)40-35)38-36(37-31)29-20-22-12-4-5-13-23(22)24-14-6-7-15-25(24)29;1-2-9-20(10-3-1)27-30-28(34-32(33-27)22-15-14-19-8-4-5-11-21(19)18-22)25-17-16-24-23-12-6-7-13-26(23)36-31(24)29(25)35-30/h1-22H;1-20H;1-18H. The van der Waals surface area contributed by atoms with Crippen LogP contribution in [-0.2, 0) is 0 Å². The quantitative estimate of drug-likeness (QED) is 0.152. The van der Waals surface area contributed by atoms with E-state index in [1.54, 1.807) is 22.7 Å². The molecular weight excluding hydrogens is 1540 g/mol. The molecule has 9 heterocycles. The summed E-state index contributed by atoms with van der Waals surface area (Å²) in [7, 11) is 0. The molecule has 558 valence electrons. The Morgan fingerprint density at radius 1 is 0.183 bits per heavy atom. The average Bonchev–Trinajstić information content (AvgIpc) is 1.58. The highest BCUT2D eigenvalue weighted by Crippen LogP contribution is 2.51. The number of rotatable bonds is 6. The zero-order chi connectivity index (χ0) is 78.6. The summed E-state index contributed by atoms with van der Waals surface area (Å²) in [4.78, 5) is 31.4. The number of hydrogen-bond acceptors (Lipinski definition) is 12. The summed E-state index contributed by atoms with van der Waals surface area (Å²) < 4.78 is 22.7. The first-order valence-corrected chi connectivity index (χ1v) is 43.3. The van der Waals surface area contributed by atoms with Crippen molar-refractivity contribution in [1.82, 2.24) is 29.9 Å². The van der Waals surface area contributed by atoms with Gasteiger partial charge in [0.1, 0.15) is 16.8 Å². The molecule has 0 saturated carbocycles. The fourth-order valence-corrected chi connectivity index (χ4v) is 23.0. The highest BCUT2D eigenvalue weighted by atomic mass is 32.1. The fourth-order valence-electron chi connectivity index (χ4n) is 18.0. The maximum Gasteiger partial charge on any atom is 0.180 e. The predicted molar refractivity (Wildman–Crippen MR) is 510 cm³/mol. The van der Waals surface area contributed by atoms with Crippen molar-refractivity contribution in [2.75, 3.05) is 0 Å². The van der Waals surface area contributed by atoms with Gasteiger partial charge in [-0.2, -0.15) is 0 Å². The van der Waals surface area contributed by atoms with Crippen molar-refractivity contribution >= 4 is 235 Å². The number of para-hydroxylation sites is 1. The van der Waals surface area contributed by atoms with Gasteiger partial charge in [0, 0.05) is 91.3 Å². The third kappa shape index (κ3) is 10.9. The first-order valence-electron chi connectivity index (χ1n) is 40.0. The molecule has 120 heavy (non-hydrogen) atoms. The Morgan fingerprint density at radius 2 is 0.583 bits per heavy atom. The van der Waals surface area contributed by atoms with Crippen LogP contribution in [0.4, 0.5) is 0 Å². The average molecular weight is 1600 g/mol. The second-order valence-electron chi connectivity index (χ2n) is 30.5. The maximum atomic E-state index is 6.63. The number of hydrogen-bond donors (Lipinski definition) is 0. The minimum Gasteiger partial charge on any atom is -0.455 e. The van der Waals surface area contributed by atoms with E-state index in [0.717, 1.165) is 147 Å². The van der Waals surface area contributed by atoms with Gasteiger partial charge in [-0.25, -0.2) is 29.9 Å². The van der Waals surface area contributed by atoms with Crippen LogP contribution in [0.25, 0.3) is 258 Å². The highest BCUT2D eigenvalue weighted by Gasteiger charge is 2.26. The van der Waals surface area contributed by atoms with Gasteiger partial charge in [0.05, 0.1) is 50.6 Å². The molecule has 0 bridgehead atoms. The minimum absolute atomic E-state index is 0.700. The van der Waals surface area contributed by atoms with E-state index >= 15 is 0 Å². The van der Waals surface area contributed by atoms with Crippen LogP contribution in [0.2, 0.25) is 0 Å². The molecule has 0 atom stereocenters. The molecule has 0 amide bonds. The Bertz CT molecular complexity index is 8920. The van der Waals surface area contributed by atoms with Crippen LogP contribution in [0, 0.1) is 0 Å². The topological polar surface area (TPSA) is 104 Å². The van der Waals surface area contributed by atoms with Crippen molar-refractivity contribution < 1.29 is 8.83 Å². The highest BCUT2D eigenvalue weighted by molar-refractivity contribution is 7.33. The molecule has 0 N–H and O–H groups in total. The smallest absolute Gasteiger partial charge is 0.180 e. The van der Waals surface area contributed by atoms with Crippen LogP contribution in [0.1, 0.15) is 0 Å². The first kappa shape index (κ1) is 68.5. The van der Waals surface area contributed by atoms with E-state index in [-0.39, 0.29) is 0 Å². The molecule has 0 saturated heterocycles. The van der Waals surface area contributed by atoms with Crippen molar-refractivity contribution in [1.29, 1.82) is 0 Å².